The number of piperidine rings is 1. The van der Waals surface area contributed by atoms with Gasteiger partial charge in [-0.3, -0.25) is 4.79 Å². The Morgan fingerprint density at radius 1 is 1.07 bits per heavy atom. The van der Waals surface area contributed by atoms with E-state index < -0.39 is 0 Å². The molecule has 0 radical (unpaired) electrons. The van der Waals surface area contributed by atoms with Gasteiger partial charge in [-0.1, -0.05) is 18.0 Å². The minimum atomic E-state index is -0.0825. The molecule has 0 unspecified atom stereocenters. The molecule has 0 aromatic heterocycles. The van der Waals surface area contributed by atoms with Gasteiger partial charge in [0.15, 0.2) is 0 Å². The molecule has 142 valence electrons. The Hall–Kier alpha value is -1.14. The van der Waals surface area contributed by atoms with Crippen molar-refractivity contribution >= 4 is 46.9 Å². The number of hydrogen-bond donors (Lipinski definition) is 1. The number of carbonyl (C=O) groups is 1. The molecule has 6 heteroatoms. The summed E-state index contributed by atoms with van der Waals surface area (Å²) in [5, 5.41) is 3.67. The third-order valence-corrected chi connectivity index (χ3v) is 7.71. The summed E-state index contributed by atoms with van der Waals surface area (Å²) in [6, 6.07) is 11.8. The second kappa shape index (κ2) is 8.91. The Labute approximate surface area is 174 Å². The number of aryl methyl sites for hydroxylation is 1. The van der Waals surface area contributed by atoms with Gasteiger partial charge in [-0.15, -0.1) is 11.8 Å². The number of benzene rings is 2. The van der Waals surface area contributed by atoms with E-state index in [0.29, 0.717) is 10.6 Å². The fourth-order valence-electron chi connectivity index (χ4n) is 3.45. The van der Waals surface area contributed by atoms with Gasteiger partial charge in [-0.2, -0.15) is 0 Å². The van der Waals surface area contributed by atoms with Crippen LogP contribution in [-0.4, -0.2) is 29.1 Å². The SMILES string of the molecule is O=C(Nc1ccc(SN2CCCCC2)c(Cl)c1)c1ccc2c(c1)CCCS2. The zero-order valence-electron chi connectivity index (χ0n) is 15.2. The fourth-order valence-corrected chi connectivity index (χ4v) is 5.75. The standard InChI is InChI=1S/C21H23ClN2OS2/c22-18-14-17(7-9-20(18)27-24-10-2-1-3-11-24)23-21(25)16-6-8-19-15(13-16)5-4-12-26-19/h6-9,13-14H,1-5,10-12H2,(H,23,25). The minimum Gasteiger partial charge on any atom is -0.322 e. The third kappa shape index (κ3) is 4.83. The maximum atomic E-state index is 12.6. The summed E-state index contributed by atoms with van der Waals surface area (Å²) in [5.74, 6) is 1.08. The van der Waals surface area contributed by atoms with Gasteiger partial charge in [-0.25, -0.2) is 4.31 Å². The maximum Gasteiger partial charge on any atom is 0.255 e. The van der Waals surface area contributed by atoms with Crippen LogP contribution in [0.25, 0.3) is 0 Å². The van der Waals surface area contributed by atoms with E-state index in [0.717, 1.165) is 30.1 Å². The molecule has 0 bridgehead atoms. The molecule has 1 N–H and O–H groups in total. The van der Waals surface area contributed by atoms with Gasteiger partial charge in [0.1, 0.15) is 0 Å². The molecule has 2 aliphatic rings. The summed E-state index contributed by atoms with van der Waals surface area (Å²) < 4.78 is 2.37. The van der Waals surface area contributed by atoms with Crippen molar-refractivity contribution in [2.45, 2.75) is 41.9 Å². The number of nitrogens with one attached hydrogen (secondary N) is 1. The molecule has 0 saturated carbocycles. The van der Waals surface area contributed by atoms with E-state index >= 15 is 0 Å². The molecule has 1 fully saturated rings. The quantitative estimate of drug-likeness (QED) is 0.606. The van der Waals surface area contributed by atoms with Gasteiger partial charge in [0.25, 0.3) is 5.91 Å². The molecule has 0 aliphatic carbocycles. The van der Waals surface area contributed by atoms with E-state index in [1.54, 1.807) is 11.9 Å². The monoisotopic (exact) mass is 418 g/mol. The van der Waals surface area contributed by atoms with Crippen LogP contribution < -0.4 is 5.32 Å². The highest BCUT2D eigenvalue weighted by molar-refractivity contribution is 7.99. The predicted octanol–water partition coefficient (Wildman–Crippen LogP) is 6.12. The van der Waals surface area contributed by atoms with Crippen molar-refractivity contribution in [2.24, 2.45) is 0 Å². The summed E-state index contributed by atoms with van der Waals surface area (Å²) in [4.78, 5) is 15.0. The number of nitrogens with zero attached hydrogens (tertiary/aromatic N) is 1. The van der Waals surface area contributed by atoms with E-state index in [1.165, 1.54) is 41.9 Å². The second-order valence-corrected chi connectivity index (χ2v) is 9.64. The Bertz CT molecular complexity index is 837. The summed E-state index contributed by atoms with van der Waals surface area (Å²) in [6.45, 7) is 2.21. The van der Waals surface area contributed by atoms with Crippen LogP contribution in [0.1, 0.15) is 41.6 Å². The highest BCUT2D eigenvalue weighted by atomic mass is 35.5. The number of amides is 1. The van der Waals surface area contributed by atoms with Gasteiger partial charge >= 0.3 is 0 Å². The topological polar surface area (TPSA) is 32.3 Å². The molecule has 4 rings (SSSR count). The van der Waals surface area contributed by atoms with Crippen molar-refractivity contribution in [1.82, 2.24) is 4.31 Å². The zero-order chi connectivity index (χ0) is 18.6. The molecule has 2 aromatic carbocycles. The lowest BCUT2D eigenvalue weighted by Gasteiger charge is -2.25. The van der Waals surface area contributed by atoms with E-state index in [2.05, 4.69) is 15.7 Å². The van der Waals surface area contributed by atoms with Gasteiger partial charge in [0.2, 0.25) is 0 Å². The Balaban J connectivity index is 1.43. The average Bonchev–Trinajstić information content (AvgIpc) is 2.70. The van der Waals surface area contributed by atoms with Crippen LogP contribution in [0, 0.1) is 0 Å². The first-order chi connectivity index (χ1) is 13.2. The molecular weight excluding hydrogens is 396 g/mol. The highest BCUT2D eigenvalue weighted by Gasteiger charge is 2.16. The number of hydrogen-bond acceptors (Lipinski definition) is 4. The van der Waals surface area contributed by atoms with Crippen molar-refractivity contribution in [2.75, 3.05) is 24.2 Å². The lowest BCUT2D eigenvalue weighted by molar-refractivity contribution is 0.102. The first-order valence-electron chi connectivity index (χ1n) is 9.48. The van der Waals surface area contributed by atoms with Crippen LogP contribution in [0.5, 0.6) is 0 Å². The Kier molecular flexibility index (Phi) is 6.33. The summed E-state index contributed by atoms with van der Waals surface area (Å²) in [6.07, 6.45) is 6.04. The molecule has 0 spiro atoms. The van der Waals surface area contributed by atoms with Crippen LogP contribution in [0.2, 0.25) is 5.02 Å². The van der Waals surface area contributed by atoms with Gasteiger partial charge in [-0.05, 0) is 85.3 Å². The number of anilines is 1. The largest absolute Gasteiger partial charge is 0.322 e. The third-order valence-electron chi connectivity index (χ3n) is 4.90. The zero-order valence-corrected chi connectivity index (χ0v) is 17.6. The van der Waals surface area contributed by atoms with Crippen LogP contribution in [-0.2, 0) is 6.42 Å². The normalized spacial score (nSPS) is 17.4. The van der Waals surface area contributed by atoms with Crippen molar-refractivity contribution in [3.8, 4) is 0 Å². The van der Waals surface area contributed by atoms with Crippen LogP contribution in [0.3, 0.4) is 0 Å². The Morgan fingerprint density at radius 3 is 2.74 bits per heavy atom. The molecule has 3 nitrogen and oxygen atoms in total. The number of rotatable bonds is 4. The highest BCUT2D eigenvalue weighted by Crippen LogP contribution is 2.34. The fraction of sp³-hybridized carbons (Fsp3) is 0.381. The van der Waals surface area contributed by atoms with Crippen LogP contribution in [0.15, 0.2) is 46.2 Å². The van der Waals surface area contributed by atoms with Crippen molar-refractivity contribution in [3.05, 3.63) is 52.5 Å². The van der Waals surface area contributed by atoms with Gasteiger partial charge < -0.3 is 5.32 Å². The predicted molar refractivity (Wildman–Crippen MR) is 116 cm³/mol. The summed E-state index contributed by atoms with van der Waals surface area (Å²) >= 11 is 10.1. The first kappa shape index (κ1) is 19.2. The van der Waals surface area contributed by atoms with Crippen molar-refractivity contribution in [1.29, 1.82) is 0 Å². The van der Waals surface area contributed by atoms with E-state index in [-0.39, 0.29) is 5.91 Å². The van der Waals surface area contributed by atoms with E-state index in [4.69, 9.17) is 11.6 Å². The average molecular weight is 419 g/mol. The first-order valence-corrected chi connectivity index (χ1v) is 11.6. The molecule has 2 heterocycles. The smallest absolute Gasteiger partial charge is 0.255 e. The van der Waals surface area contributed by atoms with Crippen LogP contribution >= 0.6 is 35.3 Å². The second-order valence-electron chi connectivity index (χ2n) is 6.95. The van der Waals surface area contributed by atoms with Crippen molar-refractivity contribution < 1.29 is 4.79 Å². The summed E-state index contributed by atoms with van der Waals surface area (Å²) in [7, 11) is 0. The lowest BCUT2D eigenvalue weighted by atomic mass is 10.1. The van der Waals surface area contributed by atoms with E-state index in [1.807, 2.05) is 42.1 Å². The summed E-state index contributed by atoms with van der Waals surface area (Å²) in [5.41, 5.74) is 2.73. The number of carbonyl (C=O) groups excluding carboxylic acids is 1. The number of fused-ring (bicyclic) bond motifs is 1. The number of thioether (sulfide) groups is 1. The molecule has 0 atom stereocenters. The molecule has 27 heavy (non-hydrogen) atoms. The van der Waals surface area contributed by atoms with Crippen LogP contribution in [0.4, 0.5) is 5.69 Å². The van der Waals surface area contributed by atoms with Crippen molar-refractivity contribution in [3.63, 3.8) is 0 Å². The minimum absolute atomic E-state index is 0.0825. The molecule has 2 aliphatic heterocycles. The number of halogens is 1. The van der Waals surface area contributed by atoms with E-state index in [9.17, 15) is 4.79 Å². The maximum absolute atomic E-state index is 12.6. The van der Waals surface area contributed by atoms with Gasteiger partial charge in [0.05, 0.1) is 5.02 Å². The van der Waals surface area contributed by atoms with Gasteiger partial charge in [0, 0.05) is 34.1 Å². The molecule has 1 saturated heterocycles. The molecule has 1 amide bonds. The molecular formula is C21H23ClN2OS2. The lowest BCUT2D eigenvalue weighted by Crippen LogP contribution is -2.22. The Morgan fingerprint density at radius 2 is 1.93 bits per heavy atom. The molecule has 2 aromatic rings.